The fraction of sp³-hybridized carbons (Fsp3) is 0.333. The smallest absolute Gasteiger partial charge is 0.293 e. The van der Waals surface area contributed by atoms with Gasteiger partial charge in [-0.05, 0) is 49.9 Å². The molecule has 2 aromatic heterocycles. The van der Waals surface area contributed by atoms with E-state index >= 15 is 0 Å². The number of hydrogen-bond acceptors (Lipinski definition) is 4. The Labute approximate surface area is 182 Å². The highest BCUT2D eigenvalue weighted by molar-refractivity contribution is 5.78. The van der Waals surface area contributed by atoms with Gasteiger partial charge in [0.25, 0.3) is 11.1 Å². The van der Waals surface area contributed by atoms with E-state index < -0.39 is 0 Å². The first-order chi connectivity index (χ1) is 15.6. The molecule has 0 fully saturated rings. The van der Waals surface area contributed by atoms with Crippen molar-refractivity contribution in [3.05, 3.63) is 90.2 Å². The van der Waals surface area contributed by atoms with Crippen molar-refractivity contribution in [3.63, 3.8) is 0 Å². The Hall–Kier alpha value is -3.68. The molecule has 4 aromatic rings. The maximum absolute atomic E-state index is 13.1. The van der Waals surface area contributed by atoms with E-state index in [0.29, 0.717) is 60.6 Å². The van der Waals surface area contributed by atoms with Gasteiger partial charge in [-0.3, -0.25) is 27.9 Å². The normalized spacial score (nSPS) is 15.0. The predicted octanol–water partition coefficient (Wildman–Crippen LogP) is 1.91. The first-order valence-corrected chi connectivity index (χ1v) is 11.0. The zero-order chi connectivity index (χ0) is 22.2. The largest absolute Gasteiger partial charge is 0.331 e. The first kappa shape index (κ1) is 20.2. The molecule has 8 nitrogen and oxygen atoms in total. The van der Waals surface area contributed by atoms with Crippen LogP contribution in [-0.4, -0.2) is 18.3 Å². The molecular formula is C24H24N4O4. The molecule has 0 unspecified atom stereocenters. The molecule has 32 heavy (non-hydrogen) atoms. The number of rotatable bonds is 0. The fourth-order valence-electron chi connectivity index (χ4n) is 4.65. The van der Waals surface area contributed by atoms with Crippen LogP contribution < -0.4 is 22.5 Å². The third-order valence-corrected chi connectivity index (χ3v) is 6.29. The molecule has 8 heteroatoms. The van der Waals surface area contributed by atoms with Crippen LogP contribution in [0.15, 0.2) is 67.7 Å². The Balaban J connectivity index is 1.62. The average molecular weight is 432 g/mol. The topological polar surface area (TPSA) is 88.0 Å². The van der Waals surface area contributed by atoms with Gasteiger partial charge in [0.1, 0.15) is 0 Å². The number of benzene rings is 2. The van der Waals surface area contributed by atoms with Crippen molar-refractivity contribution < 1.29 is 0 Å². The van der Waals surface area contributed by atoms with Crippen LogP contribution in [0.3, 0.4) is 0 Å². The SMILES string of the molecule is O=c1c2ccccc2n2c(=O)n1CCCCn1c(=O)c3ccccc3n(c1=O)CCCC2. The summed E-state index contributed by atoms with van der Waals surface area (Å²) >= 11 is 0. The molecule has 5 rings (SSSR count). The van der Waals surface area contributed by atoms with E-state index in [-0.39, 0.29) is 35.6 Å². The van der Waals surface area contributed by atoms with E-state index in [1.807, 2.05) is 12.1 Å². The summed E-state index contributed by atoms with van der Waals surface area (Å²) in [4.78, 5) is 52.2. The predicted molar refractivity (Wildman–Crippen MR) is 123 cm³/mol. The quantitative estimate of drug-likeness (QED) is 0.425. The number of para-hydroxylation sites is 2. The van der Waals surface area contributed by atoms with Gasteiger partial charge in [-0.25, -0.2) is 9.59 Å². The first-order valence-electron chi connectivity index (χ1n) is 11.0. The lowest BCUT2D eigenvalue weighted by atomic mass is 10.2. The molecule has 0 spiro atoms. The maximum Gasteiger partial charge on any atom is 0.331 e. The summed E-state index contributed by atoms with van der Waals surface area (Å²) in [6.45, 7) is 1.40. The highest BCUT2D eigenvalue weighted by atomic mass is 16.2. The van der Waals surface area contributed by atoms with Gasteiger partial charge in [0.15, 0.2) is 0 Å². The summed E-state index contributed by atoms with van der Waals surface area (Å²) < 4.78 is 5.92. The highest BCUT2D eigenvalue weighted by Gasteiger charge is 2.16. The van der Waals surface area contributed by atoms with Crippen LogP contribution in [0.4, 0.5) is 0 Å². The maximum atomic E-state index is 13.1. The Morgan fingerprint density at radius 1 is 0.469 bits per heavy atom. The fourth-order valence-corrected chi connectivity index (χ4v) is 4.65. The molecule has 0 N–H and O–H groups in total. The van der Waals surface area contributed by atoms with Crippen LogP contribution in [0.2, 0.25) is 0 Å². The Kier molecular flexibility index (Phi) is 5.13. The lowest BCUT2D eigenvalue weighted by molar-refractivity contribution is 0.464. The molecule has 2 aromatic carbocycles. The van der Waals surface area contributed by atoms with Crippen LogP contribution >= 0.6 is 0 Å². The van der Waals surface area contributed by atoms with Gasteiger partial charge in [-0.2, -0.15) is 0 Å². The van der Waals surface area contributed by atoms with Crippen molar-refractivity contribution in [1.29, 1.82) is 0 Å². The van der Waals surface area contributed by atoms with E-state index in [1.54, 1.807) is 45.5 Å². The number of aromatic nitrogens is 4. The Morgan fingerprint density at radius 3 is 1.22 bits per heavy atom. The molecule has 0 saturated carbocycles. The van der Waals surface area contributed by atoms with Crippen molar-refractivity contribution in [1.82, 2.24) is 18.3 Å². The zero-order valence-corrected chi connectivity index (χ0v) is 17.7. The van der Waals surface area contributed by atoms with Crippen LogP contribution in [0, 0.1) is 0 Å². The molecule has 1 aliphatic heterocycles. The molecule has 0 amide bonds. The monoisotopic (exact) mass is 432 g/mol. The summed E-state index contributed by atoms with van der Waals surface area (Å²) in [7, 11) is 0. The van der Waals surface area contributed by atoms with Gasteiger partial charge in [-0.1, -0.05) is 24.3 Å². The van der Waals surface area contributed by atoms with Gasteiger partial charge in [0, 0.05) is 26.2 Å². The van der Waals surface area contributed by atoms with Gasteiger partial charge in [-0.15, -0.1) is 0 Å². The minimum Gasteiger partial charge on any atom is -0.293 e. The standard InChI is InChI=1S/C24H24N4O4/c29-21-17-9-1-3-11-19(17)25-13-5-6-14-26-20-12-4-2-10-18(20)22(30)28(24(26)32)16-8-7-15-27(21)23(25)31/h1-4,9-12H,5-8,13-16H2. The molecule has 0 aliphatic carbocycles. The summed E-state index contributed by atoms with van der Waals surface area (Å²) in [6, 6.07) is 14.4. The second-order valence-corrected chi connectivity index (χ2v) is 8.23. The molecule has 0 atom stereocenters. The molecule has 1 aliphatic rings. The zero-order valence-electron chi connectivity index (χ0n) is 17.7. The van der Waals surface area contributed by atoms with Gasteiger partial charge >= 0.3 is 11.4 Å². The molecule has 3 heterocycles. The van der Waals surface area contributed by atoms with Crippen molar-refractivity contribution in [3.8, 4) is 0 Å². The lowest BCUT2D eigenvalue weighted by Crippen LogP contribution is -2.42. The van der Waals surface area contributed by atoms with Crippen molar-refractivity contribution in [2.24, 2.45) is 0 Å². The van der Waals surface area contributed by atoms with E-state index in [9.17, 15) is 19.2 Å². The summed E-state index contributed by atoms with van der Waals surface area (Å²) in [5, 5.41) is 1.06. The molecular weight excluding hydrogens is 408 g/mol. The molecule has 0 radical (unpaired) electrons. The van der Waals surface area contributed by atoms with E-state index in [0.717, 1.165) is 0 Å². The van der Waals surface area contributed by atoms with E-state index in [2.05, 4.69) is 0 Å². The minimum absolute atomic E-state index is 0.249. The second kappa shape index (κ2) is 8.11. The lowest BCUT2D eigenvalue weighted by Gasteiger charge is -2.17. The third kappa shape index (κ3) is 3.23. The van der Waals surface area contributed by atoms with E-state index in [1.165, 1.54) is 9.13 Å². The highest BCUT2D eigenvalue weighted by Crippen LogP contribution is 2.12. The van der Waals surface area contributed by atoms with E-state index in [4.69, 9.17) is 0 Å². The number of nitrogens with zero attached hydrogens (tertiary/aromatic N) is 4. The number of fused-ring (bicyclic) bond motifs is 8. The van der Waals surface area contributed by atoms with Gasteiger partial charge < -0.3 is 0 Å². The number of hydrogen-bond donors (Lipinski definition) is 0. The average Bonchev–Trinajstić information content (AvgIpc) is 2.81. The van der Waals surface area contributed by atoms with Gasteiger partial charge in [0.05, 0.1) is 21.8 Å². The minimum atomic E-state index is -0.302. The molecule has 0 saturated heterocycles. The third-order valence-electron chi connectivity index (χ3n) is 6.29. The Morgan fingerprint density at radius 2 is 0.812 bits per heavy atom. The second-order valence-electron chi connectivity index (χ2n) is 8.23. The summed E-state index contributed by atoms with van der Waals surface area (Å²) in [5.41, 5.74) is 0.0930. The van der Waals surface area contributed by atoms with Crippen LogP contribution in [-0.2, 0) is 26.2 Å². The number of aryl methyl sites for hydroxylation is 2. The van der Waals surface area contributed by atoms with Crippen LogP contribution in [0.5, 0.6) is 0 Å². The Bertz CT molecular complexity index is 1450. The van der Waals surface area contributed by atoms with Crippen molar-refractivity contribution in [2.45, 2.75) is 51.9 Å². The van der Waals surface area contributed by atoms with Crippen molar-refractivity contribution in [2.75, 3.05) is 0 Å². The molecule has 164 valence electrons. The van der Waals surface area contributed by atoms with Crippen LogP contribution in [0.25, 0.3) is 21.8 Å². The van der Waals surface area contributed by atoms with Crippen LogP contribution in [0.1, 0.15) is 25.7 Å². The molecule has 4 bridgehead atoms. The summed E-state index contributed by atoms with van der Waals surface area (Å²) in [5.74, 6) is 0. The van der Waals surface area contributed by atoms with Gasteiger partial charge in [0.2, 0.25) is 0 Å². The summed E-state index contributed by atoms with van der Waals surface area (Å²) in [6.07, 6.45) is 2.32. The van der Waals surface area contributed by atoms with Crippen molar-refractivity contribution >= 4 is 21.8 Å².